The fraction of sp³-hybridized carbons (Fsp3) is 0.529. The summed E-state index contributed by atoms with van der Waals surface area (Å²) >= 11 is 6.06. The summed E-state index contributed by atoms with van der Waals surface area (Å²) in [6.07, 6.45) is 2.09. The molecule has 0 aliphatic carbocycles. The summed E-state index contributed by atoms with van der Waals surface area (Å²) in [5.41, 5.74) is 0.996. The van der Waals surface area contributed by atoms with Crippen LogP contribution in [-0.4, -0.2) is 43.6 Å². The van der Waals surface area contributed by atoms with E-state index in [1.165, 1.54) is 7.11 Å². The Hall–Kier alpha value is -1.75. The SMILES string of the molecule is CCc1cc(OCC(=O)N2CCC(C(=O)OC)CC2)ccc1Cl. The van der Waals surface area contributed by atoms with Gasteiger partial charge in [0.15, 0.2) is 6.61 Å². The number of carbonyl (C=O) groups excluding carboxylic acids is 2. The van der Waals surface area contributed by atoms with Gasteiger partial charge in [-0.3, -0.25) is 9.59 Å². The van der Waals surface area contributed by atoms with E-state index in [9.17, 15) is 9.59 Å². The number of hydrogen-bond acceptors (Lipinski definition) is 4. The van der Waals surface area contributed by atoms with Crippen LogP contribution in [0.1, 0.15) is 25.3 Å². The van der Waals surface area contributed by atoms with Crippen LogP contribution < -0.4 is 4.74 Å². The third-order valence-electron chi connectivity index (χ3n) is 4.14. The first-order valence-electron chi connectivity index (χ1n) is 7.82. The molecule has 0 radical (unpaired) electrons. The summed E-state index contributed by atoms with van der Waals surface area (Å²) in [7, 11) is 1.39. The van der Waals surface area contributed by atoms with E-state index in [0.717, 1.165) is 12.0 Å². The van der Waals surface area contributed by atoms with Crippen LogP contribution >= 0.6 is 11.6 Å². The second kappa shape index (κ2) is 8.20. The van der Waals surface area contributed by atoms with Gasteiger partial charge in [-0.1, -0.05) is 18.5 Å². The second-order valence-electron chi connectivity index (χ2n) is 5.57. The molecule has 2 rings (SSSR count). The van der Waals surface area contributed by atoms with Crippen molar-refractivity contribution < 1.29 is 19.1 Å². The van der Waals surface area contributed by atoms with Crippen molar-refractivity contribution in [2.24, 2.45) is 5.92 Å². The van der Waals surface area contributed by atoms with Crippen LogP contribution in [0.3, 0.4) is 0 Å². The Morgan fingerprint density at radius 3 is 2.61 bits per heavy atom. The van der Waals surface area contributed by atoms with E-state index in [-0.39, 0.29) is 24.4 Å². The fourth-order valence-electron chi connectivity index (χ4n) is 2.68. The second-order valence-corrected chi connectivity index (χ2v) is 5.98. The molecule has 5 nitrogen and oxygen atoms in total. The normalized spacial score (nSPS) is 15.3. The first-order valence-corrected chi connectivity index (χ1v) is 8.19. The molecule has 1 aliphatic rings. The number of ether oxygens (including phenoxy) is 2. The Bertz CT molecular complexity index is 568. The summed E-state index contributed by atoms with van der Waals surface area (Å²) in [6, 6.07) is 5.40. The van der Waals surface area contributed by atoms with Crippen LogP contribution in [0.2, 0.25) is 5.02 Å². The molecule has 23 heavy (non-hydrogen) atoms. The number of benzene rings is 1. The minimum Gasteiger partial charge on any atom is -0.484 e. The number of nitrogens with zero attached hydrogens (tertiary/aromatic N) is 1. The van der Waals surface area contributed by atoms with Crippen molar-refractivity contribution >= 4 is 23.5 Å². The summed E-state index contributed by atoms with van der Waals surface area (Å²) in [6.45, 7) is 3.13. The van der Waals surface area contributed by atoms with Crippen LogP contribution in [0.4, 0.5) is 0 Å². The zero-order valence-corrected chi connectivity index (χ0v) is 14.3. The number of likely N-dealkylation sites (tertiary alicyclic amines) is 1. The van der Waals surface area contributed by atoms with Gasteiger partial charge in [0, 0.05) is 18.1 Å². The number of piperidine rings is 1. The van der Waals surface area contributed by atoms with Gasteiger partial charge < -0.3 is 14.4 Å². The van der Waals surface area contributed by atoms with Crippen molar-refractivity contribution in [2.75, 3.05) is 26.8 Å². The van der Waals surface area contributed by atoms with E-state index in [1.807, 2.05) is 13.0 Å². The van der Waals surface area contributed by atoms with Crippen LogP contribution in [0.5, 0.6) is 5.75 Å². The number of aryl methyl sites for hydroxylation is 1. The molecule has 1 aromatic carbocycles. The fourth-order valence-corrected chi connectivity index (χ4v) is 2.93. The van der Waals surface area contributed by atoms with Gasteiger partial charge >= 0.3 is 5.97 Å². The molecular weight excluding hydrogens is 318 g/mol. The molecule has 1 amide bonds. The van der Waals surface area contributed by atoms with E-state index in [2.05, 4.69) is 0 Å². The molecule has 0 aromatic heterocycles. The van der Waals surface area contributed by atoms with E-state index >= 15 is 0 Å². The zero-order valence-electron chi connectivity index (χ0n) is 13.5. The Balaban J connectivity index is 1.83. The maximum atomic E-state index is 12.2. The van der Waals surface area contributed by atoms with Gasteiger partial charge in [-0.15, -0.1) is 0 Å². The lowest BCUT2D eigenvalue weighted by atomic mass is 9.97. The van der Waals surface area contributed by atoms with E-state index < -0.39 is 0 Å². The Labute approximate surface area is 141 Å². The quantitative estimate of drug-likeness (QED) is 0.774. The van der Waals surface area contributed by atoms with Crippen LogP contribution in [0.15, 0.2) is 18.2 Å². The number of amides is 1. The van der Waals surface area contributed by atoms with Crippen molar-refractivity contribution in [1.82, 2.24) is 4.90 Å². The Kier molecular flexibility index (Phi) is 6.28. The first kappa shape index (κ1) is 17.6. The molecule has 1 aromatic rings. The van der Waals surface area contributed by atoms with Crippen molar-refractivity contribution in [1.29, 1.82) is 0 Å². The predicted octanol–water partition coefficient (Wildman–Crippen LogP) is 2.69. The number of rotatable bonds is 5. The lowest BCUT2D eigenvalue weighted by Crippen LogP contribution is -2.42. The van der Waals surface area contributed by atoms with Crippen molar-refractivity contribution in [2.45, 2.75) is 26.2 Å². The monoisotopic (exact) mass is 339 g/mol. The number of esters is 1. The molecule has 0 N–H and O–H groups in total. The third-order valence-corrected chi connectivity index (χ3v) is 4.51. The van der Waals surface area contributed by atoms with Gasteiger partial charge in [-0.05, 0) is 43.0 Å². The molecule has 1 fully saturated rings. The average Bonchev–Trinajstić information content (AvgIpc) is 2.60. The van der Waals surface area contributed by atoms with Crippen LogP contribution in [0.25, 0.3) is 0 Å². The van der Waals surface area contributed by atoms with Crippen LogP contribution in [-0.2, 0) is 20.7 Å². The van der Waals surface area contributed by atoms with Crippen molar-refractivity contribution in [3.05, 3.63) is 28.8 Å². The lowest BCUT2D eigenvalue weighted by molar-refractivity contribution is -0.149. The zero-order chi connectivity index (χ0) is 16.8. The predicted molar refractivity (Wildman–Crippen MR) is 87.6 cm³/mol. The number of hydrogen-bond donors (Lipinski definition) is 0. The van der Waals surface area contributed by atoms with E-state index in [1.54, 1.807) is 17.0 Å². The first-order chi connectivity index (χ1) is 11.0. The highest BCUT2D eigenvalue weighted by atomic mass is 35.5. The molecule has 0 spiro atoms. The summed E-state index contributed by atoms with van der Waals surface area (Å²) in [5, 5.41) is 0.705. The summed E-state index contributed by atoms with van der Waals surface area (Å²) < 4.78 is 10.3. The third kappa shape index (κ3) is 4.61. The van der Waals surface area contributed by atoms with E-state index in [4.69, 9.17) is 21.1 Å². The largest absolute Gasteiger partial charge is 0.484 e. The topological polar surface area (TPSA) is 55.8 Å². The van der Waals surface area contributed by atoms with Crippen molar-refractivity contribution in [3.8, 4) is 5.75 Å². The van der Waals surface area contributed by atoms with Gasteiger partial charge in [-0.25, -0.2) is 0 Å². The maximum Gasteiger partial charge on any atom is 0.308 e. The number of carbonyl (C=O) groups is 2. The van der Waals surface area contributed by atoms with Gasteiger partial charge in [0.1, 0.15) is 5.75 Å². The van der Waals surface area contributed by atoms with E-state index in [0.29, 0.717) is 36.7 Å². The van der Waals surface area contributed by atoms with Gasteiger partial charge in [0.05, 0.1) is 13.0 Å². The number of methoxy groups -OCH3 is 1. The standard InChI is InChI=1S/C17H22ClNO4/c1-3-12-10-14(4-5-15(12)18)23-11-16(20)19-8-6-13(7-9-19)17(21)22-2/h4-5,10,13H,3,6-9,11H2,1-2H3. The molecule has 0 atom stereocenters. The number of halogens is 1. The minimum absolute atomic E-state index is 0.00627. The molecule has 0 unspecified atom stereocenters. The molecule has 1 heterocycles. The smallest absolute Gasteiger partial charge is 0.308 e. The maximum absolute atomic E-state index is 12.2. The van der Waals surface area contributed by atoms with Crippen LogP contribution in [0, 0.1) is 5.92 Å². The molecular formula is C17H22ClNO4. The average molecular weight is 340 g/mol. The molecule has 1 saturated heterocycles. The van der Waals surface area contributed by atoms with Gasteiger partial charge in [-0.2, -0.15) is 0 Å². The summed E-state index contributed by atoms with van der Waals surface area (Å²) in [4.78, 5) is 25.4. The molecule has 126 valence electrons. The van der Waals surface area contributed by atoms with Crippen molar-refractivity contribution in [3.63, 3.8) is 0 Å². The van der Waals surface area contributed by atoms with Gasteiger partial charge in [0.25, 0.3) is 5.91 Å². The highest BCUT2D eigenvalue weighted by molar-refractivity contribution is 6.31. The molecule has 6 heteroatoms. The molecule has 1 aliphatic heterocycles. The minimum atomic E-state index is -0.193. The lowest BCUT2D eigenvalue weighted by Gasteiger charge is -2.30. The highest BCUT2D eigenvalue weighted by Gasteiger charge is 2.27. The van der Waals surface area contributed by atoms with Gasteiger partial charge in [0.2, 0.25) is 0 Å². The molecule has 0 saturated carbocycles. The summed E-state index contributed by atoms with van der Waals surface area (Å²) in [5.74, 6) is 0.278. The highest BCUT2D eigenvalue weighted by Crippen LogP contribution is 2.23. The molecule has 0 bridgehead atoms. The Morgan fingerprint density at radius 1 is 1.30 bits per heavy atom. The Morgan fingerprint density at radius 2 is 2.00 bits per heavy atom.